The van der Waals surface area contributed by atoms with Crippen LogP contribution in [0.15, 0.2) is 24.3 Å². The van der Waals surface area contributed by atoms with Gasteiger partial charge < -0.3 is 9.84 Å². The van der Waals surface area contributed by atoms with Crippen molar-refractivity contribution in [2.24, 2.45) is 5.92 Å². The number of likely N-dealkylation sites (tertiary alicyclic amines) is 1. The molecule has 0 spiro atoms. The van der Waals surface area contributed by atoms with Gasteiger partial charge in [-0.1, -0.05) is 12.1 Å². The van der Waals surface area contributed by atoms with E-state index >= 15 is 0 Å². The fraction of sp³-hybridized carbons (Fsp3) is 0.462. The highest BCUT2D eigenvalue weighted by atomic mass is 16.5. The topological polar surface area (TPSA) is 49.8 Å². The first-order chi connectivity index (χ1) is 8.15. The van der Waals surface area contributed by atoms with Gasteiger partial charge in [0.2, 0.25) is 0 Å². The van der Waals surface area contributed by atoms with E-state index in [0.29, 0.717) is 19.7 Å². The maximum absolute atomic E-state index is 10.6. The van der Waals surface area contributed by atoms with Crippen LogP contribution in [-0.4, -0.2) is 42.2 Å². The summed E-state index contributed by atoms with van der Waals surface area (Å²) in [6, 6.07) is 7.92. The number of aliphatic carboxylic acids is 1. The average molecular weight is 235 g/mol. The van der Waals surface area contributed by atoms with E-state index in [1.165, 1.54) is 5.56 Å². The Bertz CT molecular complexity index is 399. The minimum Gasteiger partial charge on any atom is -0.492 e. The van der Waals surface area contributed by atoms with E-state index in [9.17, 15) is 4.79 Å². The molecule has 0 saturated carbocycles. The molecule has 1 aliphatic rings. The van der Waals surface area contributed by atoms with Crippen LogP contribution >= 0.6 is 0 Å². The standard InChI is InChI=1S/C13H17NO3/c1-10-3-2-4-12(7-10)17-6-5-14-8-11(9-14)13(15)16/h2-4,7,11H,5-6,8-9H2,1H3,(H,15,16). The molecule has 1 fully saturated rings. The summed E-state index contributed by atoms with van der Waals surface area (Å²) in [6.45, 7) is 4.71. The van der Waals surface area contributed by atoms with Crippen molar-refractivity contribution in [1.29, 1.82) is 0 Å². The van der Waals surface area contributed by atoms with Gasteiger partial charge in [-0.3, -0.25) is 9.69 Å². The highest BCUT2D eigenvalue weighted by Crippen LogP contribution is 2.16. The number of rotatable bonds is 5. The van der Waals surface area contributed by atoms with Crippen molar-refractivity contribution >= 4 is 5.97 Å². The molecule has 1 saturated heterocycles. The van der Waals surface area contributed by atoms with Crippen LogP contribution in [0.2, 0.25) is 0 Å². The molecule has 0 unspecified atom stereocenters. The Balaban J connectivity index is 1.66. The molecule has 1 aromatic carbocycles. The number of hydrogen-bond donors (Lipinski definition) is 1. The molecule has 0 radical (unpaired) electrons. The second-order valence-corrected chi connectivity index (χ2v) is 4.46. The molecule has 17 heavy (non-hydrogen) atoms. The zero-order chi connectivity index (χ0) is 12.3. The first-order valence-electron chi connectivity index (χ1n) is 5.80. The van der Waals surface area contributed by atoms with Crippen molar-refractivity contribution in [2.75, 3.05) is 26.2 Å². The predicted molar refractivity (Wildman–Crippen MR) is 64.2 cm³/mol. The van der Waals surface area contributed by atoms with Crippen molar-refractivity contribution in [3.8, 4) is 5.75 Å². The SMILES string of the molecule is Cc1cccc(OCCN2CC(C(=O)O)C2)c1. The summed E-state index contributed by atoms with van der Waals surface area (Å²) in [5.74, 6) is -0.00451. The zero-order valence-electron chi connectivity index (χ0n) is 9.93. The van der Waals surface area contributed by atoms with Crippen molar-refractivity contribution in [2.45, 2.75) is 6.92 Å². The summed E-state index contributed by atoms with van der Waals surface area (Å²) in [6.07, 6.45) is 0. The number of hydrogen-bond acceptors (Lipinski definition) is 3. The third-order valence-electron chi connectivity index (χ3n) is 2.97. The van der Waals surface area contributed by atoms with Crippen molar-refractivity contribution < 1.29 is 14.6 Å². The van der Waals surface area contributed by atoms with Crippen molar-refractivity contribution in [3.63, 3.8) is 0 Å². The summed E-state index contributed by atoms with van der Waals surface area (Å²) in [5, 5.41) is 8.73. The zero-order valence-corrected chi connectivity index (χ0v) is 9.93. The lowest BCUT2D eigenvalue weighted by Gasteiger charge is -2.36. The van der Waals surface area contributed by atoms with E-state index in [-0.39, 0.29) is 5.92 Å². The van der Waals surface area contributed by atoms with Crippen molar-refractivity contribution in [3.05, 3.63) is 29.8 Å². The van der Waals surface area contributed by atoms with E-state index in [4.69, 9.17) is 9.84 Å². The van der Waals surface area contributed by atoms with E-state index in [1.54, 1.807) is 0 Å². The Morgan fingerprint density at radius 3 is 2.94 bits per heavy atom. The minimum atomic E-state index is -0.694. The fourth-order valence-electron chi connectivity index (χ4n) is 1.91. The Morgan fingerprint density at radius 2 is 2.29 bits per heavy atom. The quantitative estimate of drug-likeness (QED) is 0.838. The van der Waals surface area contributed by atoms with E-state index < -0.39 is 5.97 Å². The average Bonchev–Trinajstić information content (AvgIpc) is 2.20. The number of carboxylic acids is 1. The molecule has 0 atom stereocenters. The van der Waals surface area contributed by atoms with E-state index in [2.05, 4.69) is 4.90 Å². The number of carbonyl (C=O) groups is 1. The van der Waals surface area contributed by atoms with Crippen LogP contribution in [0.3, 0.4) is 0 Å². The van der Waals surface area contributed by atoms with Crippen LogP contribution in [0.25, 0.3) is 0 Å². The van der Waals surface area contributed by atoms with Gasteiger partial charge in [0.1, 0.15) is 12.4 Å². The molecule has 2 rings (SSSR count). The molecule has 0 bridgehead atoms. The van der Waals surface area contributed by atoms with Crippen LogP contribution in [0.4, 0.5) is 0 Å². The van der Waals surface area contributed by atoms with Gasteiger partial charge >= 0.3 is 5.97 Å². The number of carboxylic acid groups (broad SMARTS) is 1. The molecule has 92 valence electrons. The van der Waals surface area contributed by atoms with Gasteiger partial charge in [-0.15, -0.1) is 0 Å². The third kappa shape index (κ3) is 3.20. The first kappa shape index (κ1) is 11.9. The van der Waals surface area contributed by atoms with Crippen LogP contribution in [0.5, 0.6) is 5.75 Å². The molecule has 1 N–H and O–H groups in total. The highest BCUT2D eigenvalue weighted by Gasteiger charge is 2.31. The van der Waals surface area contributed by atoms with Crippen molar-refractivity contribution in [1.82, 2.24) is 4.90 Å². The fourth-order valence-corrected chi connectivity index (χ4v) is 1.91. The van der Waals surface area contributed by atoms with Gasteiger partial charge in [0.05, 0.1) is 5.92 Å². The number of aryl methyl sites for hydroxylation is 1. The van der Waals surface area contributed by atoms with Crippen LogP contribution < -0.4 is 4.74 Å². The molecule has 0 aromatic heterocycles. The minimum absolute atomic E-state index is 0.186. The second-order valence-electron chi connectivity index (χ2n) is 4.46. The Hall–Kier alpha value is -1.55. The molecule has 4 heteroatoms. The number of nitrogens with zero attached hydrogens (tertiary/aromatic N) is 1. The Morgan fingerprint density at radius 1 is 1.53 bits per heavy atom. The Labute approximate surface area is 101 Å². The number of benzene rings is 1. The normalized spacial score (nSPS) is 16.5. The Kier molecular flexibility index (Phi) is 3.64. The first-order valence-corrected chi connectivity index (χ1v) is 5.80. The van der Waals surface area contributed by atoms with Gasteiger partial charge in [-0.25, -0.2) is 0 Å². The molecule has 0 aliphatic carbocycles. The maximum atomic E-state index is 10.6. The van der Waals surface area contributed by atoms with Gasteiger partial charge in [0, 0.05) is 19.6 Å². The lowest BCUT2D eigenvalue weighted by atomic mass is 10.0. The summed E-state index contributed by atoms with van der Waals surface area (Å²) in [5.41, 5.74) is 1.18. The molecule has 1 aromatic rings. The van der Waals surface area contributed by atoms with Crippen LogP contribution in [0, 0.1) is 12.8 Å². The van der Waals surface area contributed by atoms with Gasteiger partial charge in [0.15, 0.2) is 0 Å². The lowest BCUT2D eigenvalue weighted by Crippen LogP contribution is -2.51. The van der Waals surface area contributed by atoms with Gasteiger partial charge in [-0.05, 0) is 24.6 Å². The molecule has 4 nitrogen and oxygen atoms in total. The lowest BCUT2D eigenvalue weighted by molar-refractivity contribution is -0.147. The van der Waals surface area contributed by atoms with E-state index in [0.717, 1.165) is 12.3 Å². The predicted octanol–water partition coefficient (Wildman–Crippen LogP) is 1.39. The van der Waals surface area contributed by atoms with E-state index in [1.807, 2.05) is 31.2 Å². The monoisotopic (exact) mass is 235 g/mol. The summed E-state index contributed by atoms with van der Waals surface area (Å²) < 4.78 is 5.60. The van der Waals surface area contributed by atoms with Crippen LogP contribution in [0.1, 0.15) is 5.56 Å². The van der Waals surface area contributed by atoms with Crippen LogP contribution in [-0.2, 0) is 4.79 Å². The van der Waals surface area contributed by atoms with Gasteiger partial charge in [-0.2, -0.15) is 0 Å². The summed E-state index contributed by atoms with van der Waals surface area (Å²) >= 11 is 0. The third-order valence-corrected chi connectivity index (χ3v) is 2.97. The summed E-state index contributed by atoms with van der Waals surface area (Å²) in [4.78, 5) is 12.7. The molecular weight excluding hydrogens is 218 g/mol. The highest BCUT2D eigenvalue weighted by molar-refractivity contribution is 5.71. The molecular formula is C13H17NO3. The molecule has 1 heterocycles. The summed E-state index contributed by atoms with van der Waals surface area (Å²) in [7, 11) is 0. The largest absolute Gasteiger partial charge is 0.492 e. The molecule has 1 aliphatic heterocycles. The van der Waals surface area contributed by atoms with Gasteiger partial charge in [0.25, 0.3) is 0 Å². The smallest absolute Gasteiger partial charge is 0.309 e. The molecule has 0 amide bonds. The maximum Gasteiger partial charge on any atom is 0.309 e. The second kappa shape index (κ2) is 5.19. The number of ether oxygens (including phenoxy) is 1.